The molecule has 3 aromatic rings. The number of non-ortho nitro benzene ring substituents is 1. The Hall–Kier alpha value is -2.45. The number of hydrogen-bond acceptors (Lipinski definition) is 5. The number of carbonyl (C=O) groups excluding carboxylic acids is 1. The lowest BCUT2D eigenvalue weighted by Crippen LogP contribution is -2.13. The molecular weight excluding hydrogens is 370 g/mol. The summed E-state index contributed by atoms with van der Waals surface area (Å²) in [5.41, 5.74) is 1.93. The Balaban J connectivity index is 1.72. The number of carbonyl (C=O) groups is 1. The van der Waals surface area contributed by atoms with Crippen LogP contribution in [0.15, 0.2) is 52.4 Å². The zero-order chi connectivity index (χ0) is 18.7. The van der Waals surface area contributed by atoms with Gasteiger partial charge in [0, 0.05) is 36.2 Å². The van der Waals surface area contributed by atoms with E-state index >= 15 is 0 Å². The molecule has 1 aromatic heterocycles. The smallest absolute Gasteiger partial charge is 0.271 e. The van der Waals surface area contributed by atoms with Crippen LogP contribution >= 0.6 is 23.1 Å². The first-order chi connectivity index (χ1) is 12.4. The third-order valence-corrected chi connectivity index (χ3v) is 5.96. The van der Waals surface area contributed by atoms with Crippen molar-refractivity contribution in [1.29, 1.82) is 0 Å². The molecule has 26 heavy (non-hydrogen) atoms. The molecule has 0 aliphatic heterocycles. The predicted molar refractivity (Wildman–Crippen MR) is 105 cm³/mol. The number of rotatable bonds is 5. The number of benzene rings is 2. The molecule has 0 unspecified atom stereocenters. The van der Waals surface area contributed by atoms with Crippen molar-refractivity contribution in [3.8, 4) is 0 Å². The van der Waals surface area contributed by atoms with Gasteiger partial charge in [-0.1, -0.05) is 29.0 Å². The van der Waals surface area contributed by atoms with Crippen LogP contribution in [-0.4, -0.2) is 21.2 Å². The summed E-state index contributed by atoms with van der Waals surface area (Å²) in [6.45, 7) is 2.04. The van der Waals surface area contributed by atoms with Gasteiger partial charge in [-0.25, -0.2) is 0 Å². The van der Waals surface area contributed by atoms with E-state index in [9.17, 15) is 14.9 Å². The molecule has 3 rings (SSSR count). The Labute approximate surface area is 158 Å². The summed E-state index contributed by atoms with van der Waals surface area (Å²) in [5.74, 6) is 0.465. The molecule has 1 heterocycles. The van der Waals surface area contributed by atoms with Gasteiger partial charge >= 0.3 is 0 Å². The standard InChI is InChI=1S/C18H17N3O3S2/c1-12-3-6-14(7-4-12)25-10-9-17(22)19-18-20(2)15-11-13(21(23)24)5-8-16(15)26-18/h3-8,11H,9-10H2,1-2H3. The maximum Gasteiger partial charge on any atom is 0.271 e. The van der Waals surface area contributed by atoms with Crippen LogP contribution in [0.4, 0.5) is 5.69 Å². The van der Waals surface area contributed by atoms with Crippen molar-refractivity contribution >= 4 is 44.9 Å². The Morgan fingerprint density at radius 1 is 1.27 bits per heavy atom. The van der Waals surface area contributed by atoms with Crippen molar-refractivity contribution in [2.24, 2.45) is 12.0 Å². The van der Waals surface area contributed by atoms with E-state index in [1.165, 1.54) is 29.0 Å². The van der Waals surface area contributed by atoms with Gasteiger partial charge in [0.15, 0.2) is 4.80 Å². The van der Waals surface area contributed by atoms with Crippen LogP contribution in [0.3, 0.4) is 0 Å². The lowest BCUT2D eigenvalue weighted by molar-refractivity contribution is -0.384. The van der Waals surface area contributed by atoms with Crippen molar-refractivity contribution in [3.05, 3.63) is 62.9 Å². The van der Waals surface area contributed by atoms with E-state index in [1.54, 1.807) is 29.4 Å². The van der Waals surface area contributed by atoms with Crippen molar-refractivity contribution in [2.45, 2.75) is 18.2 Å². The van der Waals surface area contributed by atoms with E-state index < -0.39 is 4.92 Å². The fourth-order valence-corrected chi connectivity index (χ4v) is 4.25. The number of fused-ring (bicyclic) bond motifs is 1. The summed E-state index contributed by atoms with van der Waals surface area (Å²) < 4.78 is 2.58. The lowest BCUT2D eigenvalue weighted by Gasteiger charge is -2.00. The van der Waals surface area contributed by atoms with Gasteiger partial charge in [-0.05, 0) is 25.1 Å². The Bertz CT molecular complexity index is 1040. The molecule has 134 valence electrons. The van der Waals surface area contributed by atoms with Crippen LogP contribution in [-0.2, 0) is 11.8 Å². The molecule has 0 radical (unpaired) electrons. The van der Waals surface area contributed by atoms with Crippen LogP contribution in [0.1, 0.15) is 12.0 Å². The van der Waals surface area contributed by atoms with Gasteiger partial charge in [0.1, 0.15) is 0 Å². The molecule has 0 N–H and O–H groups in total. The summed E-state index contributed by atoms with van der Waals surface area (Å²) in [5, 5.41) is 10.9. The number of aryl methyl sites for hydroxylation is 2. The van der Waals surface area contributed by atoms with Crippen LogP contribution in [0.5, 0.6) is 0 Å². The van der Waals surface area contributed by atoms with Gasteiger partial charge in [0.2, 0.25) is 5.91 Å². The summed E-state index contributed by atoms with van der Waals surface area (Å²) in [6.07, 6.45) is 0.340. The summed E-state index contributed by atoms with van der Waals surface area (Å²) in [6, 6.07) is 12.8. The number of nitrogens with zero attached hydrogens (tertiary/aromatic N) is 3. The van der Waals surface area contributed by atoms with Crippen LogP contribution < -0.4 is 4.80 Å². The fraction of sp³-hybridized carbons (Fsp3) is 0.222. The number of nitro groups is 1. The number of nitro benzene ring substituents is 1. The molecule has 0 fully saturated rings. The first-order valence-corrected chi connectivity index (χ1v) is 9.75. The highest BCUT2D eigenvalue weighted by Crippen LogP contribution is 2.22. The number of thiazole rings is 1. The minimum atomic E-state index is -0.429. The Morgan fingerprint density at radius 2 is 2.00 bits per heavy atom. The number of thioether (sulfide) groups is 1. The van der Waals surface area contributed by atoms with E-state index in [1.807, 2.05) is 31.2 Å². The number of aromatic nitrogens is 1. The molecule has 0 atom stereocenters. The molecule has 0 spiro atoms. The molecule has 0 aliphatic carbocycles. The molecule has 0 bridgehead atoms. The van der Waals surface area contributed by atoms with E-state index in [4.69, 9.17) is 0 Å². The SMILES string of the molecule is Cc1ccc(SCCC(=O)N=c2sc3ccc([N+](=O)[O-])cc3n2C)cc1. The molecule has 0 saturated carbocycles. The highest BCUT2D eigenvalue weighted by Gasteiger charge is 2.11. The molecular formula is C18H17N3O3S2. The van der Waals surface area contributed by atoms with Gasteiger partial charge in [0.05, 0.1) is 15.1 Å². The van der Waals surface area contributed by atoms with E-state index in [0.29, 0.717) is 22.5 Å². The second-order valence-electron chi connectivity index (χ2n) is 5.77. The second-order valence-corrected chi connectivity index (χ2v) is 7.95. The van der Waals surface area contributed by atoms with Crippen molar-refractivity contribution in [2.75, 3.05) is 5.75 Å². The lowest BCUT2D eigenvalue weighted by atomic mass is 10.2. The van der Waals surface area contributed by atoms with E-state index in [-0.39, 0.29) is 11.6 Å². The van der Waals surface area contributed by atoms with Crippen molar-refractivity contribution in [1.82, 2.24) is 4.57 Å². The number of amides is 1. The van der Waals surface area contributed by atoms with Gasteiger partial charge in [0.25, 0.3) is 5.69 Å². The molecule has 2 aromatic carbocycles. The minimum Gasteiger partial charge on any atom is -0.319 e. The predicted octanol–water partition coefficient (Wildman–Crippen LogP) is 4.07. The molecule has 6 nitrogen and oxygen atoms in total. The zero-order valence-corrected chi connectivity index (χ0v) is 16.0. The number of hydrogen-bond donors (Lipinski definition) is 0. The third-order valence-electron chi connectivity index (χ3n) is 3.83. The molecule has 0 saturated heterocycles. The topological polar surface area (TPSA) is 77.5 Å². The highest BCUT2D eigenvalue weighted by molar-refractivity contribution is 7.99. The third kappa shape index (κ3) is 4.20. The maximum atomic E-state index is 12.2. The van der Waals surface area contributed by atoms with Gasteiger partial charge in [-0.2, -0.15) is 4.99 Å². The van der Waals surface area contributed by atoms with Crippen molar-refractivity contribution < 1.29 is 9.72 Å². The highest BCUT2D eigenvalue weighted by atomic mass is 32.2. The van der Waals surface area contributed by atoms with Crippen LogP contribution in [0.25, 0.3) is 10.2 Å². The Kier molecular flexibility index (Phi) is 5.53. The largest absolute Gasteiger partial charge is 0.319 e. The normalized spacial score (nSPS) is 11.8. The van der Waals surface area contributed by atoms with Crippen LogP contribution in [0, 0.1) is 17.0 Å². The first kappa shape index (κ1) is 18.3. The van der Waals surface area contributed by atoms with E-state index in [0.717, 1.165) is 9.60 Å². The van der Waals surface area contributed by atoms with E-state index in [2.05, 4.69) is 4.99 Å². The molecule has 8 heteroatoms. The summed E-state index contributed by atoms with van der Waals surface area (Å²) in [4.78, 5) is 28.5. The van der Waals surface area contributed by atoms with Crippen LogP contribution in [0.2, 0.25) is 0 Å². The monoisotopic (exact) mass is 387 g/mol. The molecule has 0 aliphatic rings. The fourth-order valence-electron chi connectivity index (χ4n) is 2.39. The maximum absolute atomic E-state index is 12.2. The summed E-state index contributed by atoms with van der Waals surface area (Å²) in [7, 11) is 1.76. The second kappa shape index (κ2) is 7.84. The summed E-state index contributed by atoms with van der Waals surface area (Å²) >= 11 is 2.97. The average Bonchev–Trinajstić information content (AvgIpc) is 2.92. The zero-order valence-electron chi connectivity index (χ0n) is 14.3. The van der Waals surface area contributed by atoms with Crippen molar-refractivity contribution in [3.63, 3.8) is 0 Å². The average molecular weight is 387 g/mol. The first-order valence-electron chi connectivity index (χ1n) is 7.95. The van der Waals surface area contributed by atoms with Gasteiger partial charge in [-0.15, -0.1) is 11.8 Å². The minimum absolute atomic E-state index is 0.0262. The van der Waals surface area contributed by atoms with Gasteiger partial charge in [-0.3, -0.25) is 14.9 Å². The Morgan fingerprint density at radius 3 is 2.69 bits per heavy atom. The molecule has 1 amide bonds. The van der Waals surface area contributed by atoms with Gasteiger partial charge < -0.3 is 4.57 Å². The quantitative estimate of drug-likeness (QED) is 0.376.